The van der Waals surface area contributed by atoms with Crippen LogP contribution in [0.25, 0.3) is 0 Å². The summed E-state index contributed by atoms with van der Waals surface area (Å²) < 4.78 is 12.6. The molecule has 4 heterocycles. The second-order valence-electron chi connectivity index (χ2n) is 8.35. The molecule has 5 heteroatoms. The van der Waals surface area contributed by atoms with Crippen LogP contribution in [-0.4, -0.2) is 29.6 Å². The van der Waals surface area contributed by atoms with Crippen molar-refractivity contribution in [2.24, 2.45) is 23.7 Å². The van der Waals surface area contributed by atoms with E-state index in [4.69, 9.17) is 19.2 Å². The highest BCUT2D eigenvalue weighted by atomic mass is 17.3. The summed E-state index contributed by atoms with van der Waals surface area (Å²) in [5.74, 6) is 0.964. The SMILES string of the molecule is CC(=O)C[C@H]1O[C@@H]2O[C@]3(C)CC[C@H]4[C@H](C)CC[C@@H]([C@H]1C)[C@@]24OO3. The summed E-state index contributed by atoms with van der Waals surface area (Å²) in [7, 11) is 0. The monoisotopic (exact) mass is 324 g/mol. The molecule has 5 fully saturated rings. The number of fused-ring (bicyclic) bond motifs is 2. The molecule has 8 atom stereocenters. The van der Waals surface area contributed by atoms with Gasteiger partial charge in [0.15, 0.2) is 11.9 Å². The maximum absolute atomic E-state index is 11.7. The summed E-state index contributed by atoms with van der Waals surface area (Å²) in [5.41, 5.74) is -0.514. The molecule has 4 saturated heterocycles. The van der Waals surface area contributed by atoms with Gasteiger partial charge in [0.05, 0.1) is 6.10 Å². The predicted molar refractivity (Wildman–Crippen MR) is 82.1 cm³/mol. The minimum absolute atomic E-state index is 0.0891. The lowest BCUT2D eigenvalue weighted by atomic mass is 9.57. The Hall–Kier alpha value is -0.490. The maximum atomic E-state index is 11.7. The highest BCUT2D eigenvalue weighted by Gasteiger charge is 2.69. The first kappa shape index (κ1) is 16.0. The fourth-order valence-corrected chi connectivity index (χ4v) is 5.50. The van der Waals surface area contributed by atoms with Crippen molar-refractivity contribution in [3.8, 4) is 0 Å². The van der Waals surface area contributed by atoms with E-state index >= 15 is 0 Å². The van der Waals surface area contributed by atoms with E-state index in [0.29, 0.717) is 24.2 Å². The molecule has 1 spiro atoms. The Kier molecular flexibility index (Phi) is 3.65. The minimum Gasteiger partial charge on any atom is -0.345 e. The summed E-state index contributed by atoms with van der Waals surface area (Å²) in [6.45, 7) is 8.06. The summed E-state index contributed by atoms with van der Waals surface area (Å²) in [6, 6.07) is 0. The molecule has 1 saturated carbocycles. The fraction of sp³-hybridized carbons (Fsp3) is 0.944. The standard InChI is InChI=1S/C18H28O5/c1-10-5-6-14-12(3)15(9-11(2)19)20-16-18(14)13(10)7-8-17(4,21-16)22-23-18/h10,12-16H,5-9H2,1-4H3/t10-,12-,13+,14+,15-,16-,17+,18-/m1/s1. The molecule has 0 aromatic rings. The number of ether oxygens (including phenoxy) is 2. The fourth-order valence-electron chi connectivity index (χ4n) is 5.50. The molecule has 0 aromatic carbocycles. The first-order chi connectivity index (χ1) is 10.9. The minimum atomic E-state index is -0.737. The van der Waals surface area contributed by atoms with Gasteiger partial charge in [-0.15, -0.1) is 0 Å². The molecule has 0 aromatic heterocycles. The van der Waals surface area contributed by atoms with Crippen molar-refractivity contribution in [2.45, 2.75) is 83.6 Å². The number of Topliss-reactive ketones (excluding diaryl/α,β-unsaturated/α-hetero) is 1. The average Bonchev–Trinajstić information content (AvgIpc) is 2.70. The van der Waals surface area contributed by atoms with Crippen LogP contribution in [0.3, 0.4) is 0 Å². The number of hydrogen-bond acceptors (Lipinski definition) is 5. The molecular formula is C18H28O5. The van der Waals surface area contributed by atoms with Gasteiger partial charge in [-0.3, -0.25) is 4.79 Å². The van der Waals surface area contributed by atoms with Gasteiger partial charge in [-0.05, 0) is 50.9 Å². The van der Waals surface area contributed by atoms with Crippen molar-refractivity contribution >= 4 is 5.78 Å². The zero-order chi connectivity index (χ0) is 16.4. The first-order valence-corrected chi connectivity index (χ1v) is 9.05. The van der Waals surface area contributed by atoms with Gasteiger partial charge in [0, 0.05) is 18.8 Å². The third kappa shape index (κ3) is 2.24. The molecule has 2 bridgehead atoms. The van der Waals surface area contributed by atoms with Crippen molar-refractivity contribution in [2.75, 3.05) is 0 Å². The first-order valence-electron chi connectivity index (χ1n) is 9.05. The van der Waals surface area contributed by atoms with Crippen molar-refractivity contribution in [1.82, 2.24) is 0 Å². The van der Waals surface area contributed by atoms with Gasteiger partial charge in [-0.1, -0.05) is 13.8 Å². The van der Waals surface area contributed by atoms with E-state index in [-0.39, 0.29) is 17.8 Å². The van der Waals surface area contributed by atoms with Crippen LogP contribution in [0.5, 0.6) is 0 Å². The number of carbonyl (C=O) groups excluding carboxylic acids is 1. The molecule has 0 amide bonds. The highest BCUT2D eigenvalue weighted by molar-refractivity contribution is 5.76. The normalized spacial score (nSPS) is 55.1. The molecule has 0 N–H and O–H groups in total. The molecule has 130 valence electrons. The third-order valence-corrected chi connectivity index (χ3v) is 6.78. The lowest BCUT2D eigenvalue weighted by molar-refractivity contribution is -0.570. The van der Waals surface area contributed by atoms with E-state index in [1.807, 2.05) is 6.92 Å². The summed E-state index contributed by atoms with van der Waals surface area (Å²) in [6.07, 6.45) is 4.07. The Morgan fingerprint density at radius 1 is 1.13 bits per heavy atom. The van der Waals surface area contributed by atoms with Gasteiger partial charge in [0.25, 0.3) is 0 Å². The van der Waals surface area contributed by atoms with Gasteiger partial charge < -0.3 is 9.47 Å². The summed E-state index contributed by atoms with van der Waals surface area (Å²) in [5, 5.41) is 0. The Balaban J connectivity index is 1.74. The van der Waals surface area contributed by atoms with E-state index in [0.717, 1.165) is 19.3 Å². The van der Waals surface area contributed by atoms with Gasteiger partial charge >= 0.3 is 0 Å². The van der Waals surface area contributed by atoms with Gasteiger partial charge in [-0.2, -0.15) is 0 Å². The molecular weight excluding hydrogens is 296 g/mol. The van der Waals surface area contributed by atoms with Crippen molar-refractivity contribution in [3.05, 3.63) is 0 Å². The van der Waals surface area contributed by atoms with Crippen LogP contribution in [0, 0.1) is 23.7 Å². The zero-order valence-electron chi connectivity index (χ0n) is 14.5. The molecule has 1 aliphatic carbocycles. The number of hydrogen-bond donors (Lipinski definition) is 0. The van der Waals surface area contributed by atoms with E-state index < -0.39 is 17.7 Å². The molecule has 5 nitrogen and oxygen atoms in total. The maximum Gasteiger partial charge on any atom is 0.201 e. The van der Waals surface area contributed by atoms with Gasteiger partial charge in [-0.25, -0.2) is 9.78 Å². The molecule has 5 rings (SSSR count). The van der Waals surface area contributed by atoms with Crippen LogP contribution >= 0.6 is 0 Å². The Bertz CT molecular complexity index is 508. The number of carbonyl (C=O) groups is 1. The molecule has 0 radical (unpaired) electrons. The number of ketones is 1. The lowest BCUT2D eigenvalue weighted by Crippen LogP contribution is -2.70. The van der Waals surface area contributed by atoms with Crippen LogP contribution in [0.15, 0.2) is 0 Å². The quantitative estimate of drug-likeness (QED) is 0.730. The second-order valence-corrected chi connectivity index (χ2v) is 8.35. The third-order valence-electron chi connectivity index (χ3n) is 6.78. The average molecular weight is 324 g/mol. The molecule has 0 unspecified atom stereocenters. The zero-order valence-corrected chi connectivity index (χ0v) is 14.5. The van der Waals surface area contributed by atoms with Crippen LogP contribution in [0.2, 0.25) is 0 Å². The Morgan fingerprint density at radius 2 is 1.91 bits per heavy atom. The van der Waals surface area contributed by atoms with Crippen molar-refractivity contribution < 1.29 is 24.0 Å². The van der Waals surface area contributed by atoms with Crippen LogP contribution in [0.4, 0.5) is 0 Å². The smallest absolute Gasteiger partial charge is 0.201 e. The van der Waals surface area contributed by atoms with E-state index in [1.54, 1.807) is 6.92 Å². The summed E-state index contributed by atoms with van der Waals surface area (Å²) in [4.78, 5) is 23.5. The molecule has 4 aliphatic heterocycles. The van der Waals surface area contributed by atoms with Gasteiger partial charge in [0.2, 0.25) is 5.79 Å². The van der Waals surface area contributed by atoms with Crippen molar-refractivity contribution in [1.29, 1.82) is 0 Å². The highest BCUT2D eigenvalue weighted by Crippen LogP contribution is 2.60. The predicted octanol–water partition coefficient (Wildman–Crippen LogP) is 3.22. The molecule has 23 heavy (non-hydrogen) atoms. The van der Waals surface area contributed by atoms with E-state index in [9.17, 15) is 4.79 Å². The van der Waals surface area contributed by atoms with Crippen LogP contribution < -0.4 is 0 Å². The largest absolute Gasteiger partial charge is 0.345 e. The Morgan fingerprint density at radius 3 is 2.65 bits per heavy atom. The summed E-state index contributed by atoms with van der Waals surface area (Å²) >= 11 is 0. The Labute approximate surface area is 137 Å². The number of rotatable bonds is 2. The molecule has 5 aliphatic rings. The second kappa shape index (κ2) is 5.25. The van der Waals surface area contributed by atoms with E-state index in [2.05, 4.69) is 13.8 Å². The lowest BCUT2D eigenvalue weighted by Gasteiger charge is -2.60. The van der Waals surface area contributed by atoms with Gasteiger partial charge in [0.1, 0.15) is 5.78 Å². The topological polar surface area (TPSA) is 54.0 Å². The van der Waals surface area contributed by atoms with Crippen molar-refractivity contribution in [3.63, 3.8) is 0 Å². The van der Waals surface area contributed by atoms with E-state index in [1.165, 1.54) is 6.42 Å². The van der Waals surface area contributed by atoms with Crippen LogP contribution in [-0.2, 0) is 24.0 Å². The van der Waals surface area contributed by atoms with Crippen LogP contribution in [0.1, 0.15) is 59.8 Å².